The fourth-order valence-electron chi connectivity index (χ4n) is 4.16. The van der Waals surface area contributed by atoms with Gasteiger partial charge in [0, 0.05) is 38.3 Å². The highest BCUT2D eigenvalue weighted by Crippen LogP contribution is 2.34. The molecule has 0 amide bonds. The third-order valence-electron chi connectivity index (χ3n) is 5.53. The maximum Gasteiger partial charge on any atom is 0.116 e. The van der Waals surface area contributed by atoms with Gasteiger partial charge in [-0.25, -0.2) is 9.97 Å². The van der Waals surface area contributed by atoms with Crippen molar-refractivity contribution in [1.29, 1.82) is 0 Å². The number of nitrogens with zero attached hydrogens (tertiary/aromatic N) is 2. The Hall–Kier alpha value is -3.98. The molecule has 2 aromatic heterocycles. The van der Waals surface area contributed by atoms with Crippen LogP contribution in [0, 0.1) is 0 Å². The number of hydrogen-bond acceptors (Lipinski definition) is 2. The van der Waals surface area contributed by atoms with Gasteiger partial charge in [-0.1, -0.05) is 72.8 Å². The Balaban J connectivity index is 1.61. The summed E-state index contributed by atoms with van der Waals surface area (Å²) in [7, 11) is 0. The van der Waals surface area contributed by atoms with E-state index in [0.29, 0.717) is 0 Å². The van der Waals surface area contributed by atoms with Gasteiger partial charge in [-0.05, 0) is 23.8 Å². The monoisotopic (exact) mass is 371 g/mol. The van der Waals surface area contributed by atoms with Crippen LogP contribution in [0.3, 0.4) is 0 Å². The van der Waals surface area contributed by atoms with E-state index in [9.17, 15) is 0 Å². The molecule has 136 valence electrons. The summed E-state index contributed by atoms with van der Waals surface area (Å²) in [5.74, 6) is 0. The van der Waals surface area contributed by atoms with Crippen molar-refractivity contribution in [3.8, 4) is 22.4 Å². The average Bonchev–Trinajstić information content (AvgIpc) is 3.17. The molecule has 0 atom stereocenters. The van der Waals surface area contributed by atoms with Gasteiger partial charge in [-0.15, -0.1) is 0 Å². The third-order valence-corrected chi connectivity index (χ3v) is 5.53. The molecule has 0 unspecified atom stereocenters. The van der Waals surface area contributed by atoms with E-state index >= 15 is 0 Å². The van der Waals surface area contributed by atoms with Crippen LogP contribution in [-0.4, -0.2) is 15.0 Å². The Bertz CT molecular complexity index is 1500. The highest BCUT2D eigenvalue weighted by atomic mass is 14.8. The van der Waals surface area contributed by atoms with Gasteiger partial charge in [-0.3, -0.25) is 0 Å². The Kier molecular flexibility index (Phi) is 3.47. The van der Waals surface area contributed by atoms with E-state index in [0.717, 1.165) is 44.3 Å². The number of para-hydroxylation sites is 2. The van der Waals surface area contributed by atoms with Gasteiger partial charge in [-0.2, -0.15) is 0 Å². The molecule has 29 heavy (non-hydrogen) atoms. The zero-order valence-corrected chi connectivity index (χ0v) is 15.6. The predicted molar refractivity (Wildman–Crippen MR) is 120 cm³/mol. The minimum atomic E-state index is 0.964. The molecule has 0 aliphatic carbocycles. The van der Waals surface area contributed by atoms with Gasteiger partial charge >= 0.3 is 0 Å². The molecule has 3 heteroatoms. The zero-order valence-electron chi connectivity index (χ0n) is 15.6. The first kappa shape index (κ1) is 16.0. The lowest BCUT2D eigenvalue weighted by Crippen LogP contribution is -1.91. The summed E-state index contributed by atoms with van der Waals surface area (Å²) in [6.45, 7) is 0. The molecule has 0 radical (unpaired) electrons. The fourth-order valence-corrected chi connectivity index (χ4v) is 4.16. The SMILES string of the molecule is c1ccc(-c2ncnc3c(-c4ccc5[nH]c6ccccc6c5c4)cccc23)cc1. The van der Waals surface area contributed by atoms with Crippen LogP contribution in [0.1, 0.15) is 0 Å². The molecular weight excluding hydrogens is 354 g/mol. The third kappa shape index (κ3) is 2.52. The van der Waals surface area contributed by atoms with Crippen LogP contribution in [0.2, 0.25) is 0 Å². The van der Waals surface area contributed by atoms with Crippen LogP contribution in [0.15, 0.2) is 97.3 Å². The second-order valence-corrected chi connectivity index (χ2v) is 7.22. The van der Waals surface area contributed by atoms with E-state index in [1.807, 2.05) is 18.2 Å². The van der Waals surface area contributed by atoms with Crippen LogP contribution < -0.4 is 0 Å². The molecule has 0 fully saturated rings. The van der Waals surface area contributed by atoms with E-state index in [-0.39, 0.29) is 0 Å². The topological polar surface area (TPSA) is 41.6 Å². The molecule has 4 aromatic carbocycles. The van der Waals surface area contributed by atoms with Crippen molar-refractivity contribution in [1.82, 2.24) is 15.0 Å². The number of rotatable bonds is 2. The minimum Gasteiger partial charge on any atom is -0.355 e. The zero-order chi connectivity index (χ0) is 19.2. The first-order chi connectivity index (χ1) is 14.4. The molecule has 0 aliphatic heterocycles. The highest BCUT2D eigenvalue weighted by molar-refractivity contribution is 6.09. The Labute approximate surface area is 167 Å². The van der Waals surface area contributed by atoms with E-state index in [1.165, 1.54) is 10.8 Å². The van der Waals surface area contributed by atoms with Crippen molar-refractivity contribution in [2.24, 2.45) is 0 Å². The van der Waals surface area contributed by atoms with Crippen LogP contribution in [0.4, 0.5) is 0 Å². The normalized spacial score (nSPS) is 11.4. The van der Waals surface area contributed by atoms with Gasteiger partial charge in [0.2, 0.25) is 0 Å². The fraction of sp³-hybridized carbons (Fsp3) is 0. The van der Waals surface area contributed by atoms with Crippen LogP contribution >= 0.6 is 0 Å². The van der Waals surface area contributed by atoms with Gasteiger partial charge in [0.05, 0.1) is 11.2 Å². The molecule has 0 spiro atoms. The van der Waals surface area contributed by atoms with Crippen molar-refractivity contribution < 1.29 is 0 Å². The second-order valence-electron chi connectivity index (χ2n) is 7.22. The number of fused-ring (bicyclic) bond motifs is 4. The quantitative estimate of drug-likeness (QED) is 0.373. The molecule has 6 rings (SSSR count). The summed E-state index contributed by atoms with van der Waals surface area (Å²) in [6, 6.07) is 31.6. The number of nitrogens with one attached hydrogen (secondary N) is 1. The van der Waals surface area contributed by atoms with Gasteiger partial charge in [0.1, 0.15) is 6.33 Å². The van der Waals surface area contributed by atoms with Crippen molar-refractivity contribution in [3.63, 3.8) is 0 Å². The van der Waals surface area contributed by atoms with Gasteiger partial charge < -0.3 is 4.98 Å². The predicted octanol–water partition coefficient (Wildman–Crippen LogP) is 6.60. The second kappa shape index (κ2) is 6.28. The lowest BCUT2D eigenvalue weighted by atomic mass is 9.98. The average molecular weight is 371 g/mol. The molecule has 0 saturated carbocycles. The van der Waals surface area contributed by atoms with Crippen molar-refractivity contribution in [2.45, 2.75) is 0 Å². The minimum absolute atomic E-state index is 0.964. The molecule has 0 saturated heterocycles. The lowest BCUT2D eigenvalue weighted by molar-refractivity contribution is 1.22. The summed E-state index contributed by atoms with van der Waals surface area (Å²) >= 11 is 0. The first-order valence-corrected chi connectivity index (χ1v) is 9.68. The number of aromatic amines is 1. The van der Waals surface area contributed by atoms with E-state index < -0.39 is 0 Å². The van der Waals surface area contributed by atoms with Gasteiger partial charge in [0.15, 0.2) is 0 Å². The van der Waals surface area contributed by atoms with Crippen molar-refractivity contribution in [3.05, 3.63) is 97.3 Å². The number of hydrogen-bond donors (Lipinski definition) is 1. The van der Waals surface area contributed by atoms with E-state index in [2.05, 4.69) is 87.7 Å². The van der Waals surface area contributed by atoms with E-state index in [1.54, 1.807) is 6.33 Å². The summed E-state index contributed by atoms with van der Waals surface area (Å²) in [5, 5.41) is 3.53. The maximum atomic E-state index is 4.65. The van der Waals surface area contributed by atoms with E-state index in [4.69, 9.17) is 0 Å². The summed E-state index contributed by atoms with van der Waals surface area (Å²) in [4.78, 5) is 12.7. The first-order valence-electron chi connectivity index (χ1n) is 9.68. The van der Waals surface area contributed by atoms with Crippen molar-refractivity contribution >= 4 is 32.7 Å². The molecule has 3 nitrogen and oxygen atoms in total. The summed E-state index contributed by atoms with van der Waals surface area (Å²) in [5.41, 5.74) is 7.62. The van der Waals surface area contributed by atoms with Gasteiger partial charge in [0.25, 0.3) is 0 Å². The molecule has 6 aromatic rings. The molecule has 1 N–H and O–H groups in total. The summed E-state index contributed by atoms with van der Waals surface area (Å²) in [6.07, 6.45) is 1.67. The molecule has 0 bridgehead atoms. The number of benzene rings is 4. The molecule has 2 heterocycles. The van der Waals surface area contributed by atoms with Crippen LogP contribution in [0.5, 0.6) is 0 Å². The standard InChI is InChI=1S/C26H17N3/c1-2-7-17(8-3-1)25-21-11-6-10-19(26(21)28-16-27-25)18-13-14-24-22(15-18)20-9-4-5-12-23(20)29-24/h1-16,29H. The maximum absolute atomic E-state index is 4.65. The Morgan fingerprint density at radius 2 is 1.34 bits per heavy atom. The summed E-state index contributed by atoms with van der Waals surface area (Å²) < 4.78 is 0. The number of aromatic nitrogens is 3. The lowest BCUT2D eigenvalue weighted by Gasteiger charge is -2.10. The van der Waals surface area contributed by atoms with Crippen LogP contribution in [0.25, 0.3) is 55.1 Å². The largest absolute Gasteiger partial charge is 0.355 e. The number of H-pyrrole nitrogens is 1. The Morgan fingerprint density at radius 3 is 2.28 bits per heavy atom. The molecule has 0 aliphatic rings. The highest BCUT2D eigenvalue weighted by Gasteiger charge is 2.12. The molecular formula is C26H17N3. The van der Waals surface area contributed by atoms with Crippen molar-refractivity contribution in [2.75, 3.05) is 0 Å². The van der Waals surface area contributed by atoms with Crippen LogP contribution in [-0.2, 0) is 0 Å². The Morgan fingerprint density at radius 1 is 0.552 bits per heavy atom. The smallest absolute Gasteiger partial charge is 0.116 e.